The van der Waals surface area contributed by atoms with Gasteiger partial charge in [-0.3, -0.25) is 0 Å². The Labute approximate surface area is 191 Å². The van der Waals surface area contributed by atoms with Crippen molar-refractivity contribution in [2.75, 3.05) is 13.1 Å². The summed E-state index contributed by atoms with van der Waals surface area (Å²) in [5, 5.41) is 3.30. The highest BCUT2D eigenvalue weighted by Crippen LogP contribution is 2.47. The van der Waals surface area contributed by atoms with Crippen LogP contribution in [0.2, 0.25) is 0 Å². The van der Waals surface area contributed by atoms with Gasteiger partial charge in [-0.25, -0.2) is 8.42 Å². The van der Waals surface area contributed by atoms with Gasteiger partial charge in [-0.2, -0.15) is 9.21 Å². The molecule has 0 radical (unpaired) electrons. The molecule has 1 unspecified atom stereocenters. The number of hydrogen-bond acceptors (Lipinski definition) is 4. The average molecular weight is 453 g/mol. The van der Waals surface area contributed by atoms with Crippen molar-refractivity contribution >= 4 is 10.0 Å². The molecule has 6 heteroatoms. The summed E-state index contributed by atoms with van der Waals surface area (Å²) in [6, 6.07) is 17.3. The second-order valence-corrected chi connectivity index (χ2v) is 12.2. The zero-order chi connectivity index (χ0) is 23.0. The first-order chi connectivity index (χ1) is 15.1. The van der Waals surface area contributed by atoms with Crippen LogP contribution in [0.5, 0.6) is 0 Å². The van der Waals surface area contributed by atoms with Crippen molar-refractivity contribution in [1.29, 1.82) is 0 Å². The van der Waals surface area contributed by atoms with Crippen molar-refractivity contribution in [3.8, 4) is 0 Å². The summed E-state index contributed by atoms with van der Waals surface area (Å²) >= 11 is 0. The lowest BCUT2D eigenvalue weighted by Crippen LogP contribution is -2.49. The Bertz CT molecular complexity index is 1100. The molecule has 2 aromatic carbocycles. The molecule has 1 fully saturated rings. The molecule has 1 saturated carbocycles. The standard InChI is InChI=1S/C26H32N2O3S/c1-25(2,3)21-9-11-24(12-10-21)32(30,31)28-16-14-22-17-23(27-29)13-15-26(22,19-28)18-20-7-5-4-6-8-20/h4-12,14,23H,13,15-19H2,1-3H3/t23?,26-/m0/s1. The maximum absolute atomic E-state index is 13.6. The lowest BCUT2D eigenvalue weighted by Gasteiger charge is -2.47. The van der Waals surface area contributed by atoms with Crippen LogP contribution in [-0.2, 0) is 21.9 Å². The van der Waals surface area contributed by atoms with Gasteiger partial charge >= 0.3 is 0 Å². The Morgan fingerprint density at radius 3 is 2.38 bits per heavy atom. The minimum atomic E-state index is -3.62. The van der Waals surface area contributed by atoms with Gasteiger partial charge in [-0.15, -0.1) is 0 Å². The lowest BCUT2D eigenvalue weighted by atomic mass is 9.64. The molecule has 5 nitrogen and oxygen atoms in total. The van der Waals surface area contributed by atoms with E-state index in [1.807, 2.05) is 36.4 Å². The van der Waals surface area contributed by atoms with Crippen LogP contribution in [0.3, 0.4) is 0 Å². The van der Waals surface area contributed by atoms with E-state index >= 15 is 0 Å². The van der Waals surface area contributed by atoms with Crippen LogP contribution < -0.4 is 0 Å². The number of benzene rings is 2. The highest BCUT2D eigenvalue weighted by Gasteiger charge is 2.45. The van der Waals surface area contributed by atoms with Gasteiger partial charge in [0, 0.05) is 18.5 Å². The average Bonchev–Trinajstić information content (AvgIpc) is 2.78. The maximum atomic E-state index is 13.6. The molecule has 0 aromatic heterocycles. The fraction of sp³-hybridized carbons (Fsp3) is 0.462. The highest BCUT2D eigenvalue weighted by atomic mass is 32.2. The Morgan fingerprint density at radius 1 is 1.06 bits per heavy atom. The molecular formula is C26H32N2O3S. The molecule has 1 aliphatic carbocycles. The number of nitrogens with zero attached hydrogens (tertiary/aromatic N) is 2. The van der Waals surface area contributed by atoms with Gasteiger partial charge in [0.05, 0.1) is 10.9 Å². The summed E-state index contributed by atoms with van der Waals surface area (Å²) in [5.41, 5.74) is 3.16. The normalized spacial score (nSPS) is 24.5. The van der Waals surface area contributed by atoms with Gasteiger partial charge in [0.1, 0.15) is 0 Å². The molecule has 2 atom stereocenters. The van der Waals surface area contributed by atoms with E-state index in [9.17, 15) is 13.3 Å². The quantitative estimate of drug-likeness (QED) is 0.447. The number of rotatable bonds is 5. The van der Waals surface area contributed by atoms with Gasteiger partial charge in [0.2, 0.25) is 10.0 Å². The molecule has 0 bridgehead atoms. The Hall–Kier alpha value is -2.31. The second-order valence-electron chi connectivity index (χ2n) is 10.2. The lowest BCUT2D eigenvalue weighted by molar-refractivity contribution is 0.189. The molecular weight excluding hydrogens is 420 g/mol. The zero-order valence-corrected chi connectivity index (χ0v) is 19.9. The van der Waals surface area contributed by atoms with E-state index in [0.717, 1.165) is 18.4 Å². The molecule has 1 aliphatic heterocycles. The highest BCUT2D eigenvalue weighted by molar-refractivity contribution is 7.89. The van der Waals surface area contributed by atoms with Crippen LogP contribution in [0.4, 0.5) is 0 Å². The van der Waals surface area contributed by atoms with Gasteiger partial charge in [0.25, 0.3) is 0 Å². The SMILES string of the molecule is CC(C)(C)c1ccc(S(=O)(=O)N2CC=C3CC(N=O)CC[C@]3(Cc3ccccc3)C2)cc1. The third-order valence-electron chi connectivity index (χ3n) is 7.01. The van der Waals surface area contributed by atoms with Gasteiger partial charge in [0.15, 0.2) is 0 Å². The van der Waals surface area contributed by atoms with Crippen LogP contribution in [0, 0.1) is 10.3 Å². The van der Waals surface area contributed by atoms with E-state index < -0.39 is 10.0 Å². The molecule has 4 rings (SSSR count). The molecule has 0 amide bonds. The molecule has 2 aliphatic rings. The Morgan fingerprint density at radius 2 is 1.75 bits per heavy atom. The summed E-state index contributed by atoms with van der Waals surface area (Å²) in [7, 11) is -3.62. The van der Waals surface area contributed by atoms with E-state index in [1.165, 1.54) is 11.1 Å². The number of hydrogen-bond donors (Lipinski definition) is 0. The summed E-state index contributed by atoms with van der Waals surface area (Å²) in [6.07, 6.45) is 4.89. The van der Waals surface area contributed by atoms with Gasteiger partial charge in [-0.05, 0) is 54.4 Å². The minimum Gasteiger partial charge on any atom is -0.207 e. The number of fused-ring (bicyclic) bond motifs is 1. The minimum absolute atomic E-state index is 0.0317. The first-order valence-corrected chi connectivity index (χ1v) is 12.7. The largest absolute Gasteiger partial charge is 0.243 e. The first kappa shape index (κ1) is 22.9. The van der Waals surface area contributed by atoms with Gasteiger partial charge in [-0.1, -0.05) is 80.1 Å². The third kappa shape index (κ3) is 4.44. The van der Waals surface area contributed by atoms with Crippen molar-refractivity contribution in [2.45, 2.75) is 62.8 Å². The van der Waals surface area contributed by atoms with Crippen LogP contribution in [-0.4, -0.2) is 31.9 Å². The molecule has 0 spiro atoms. The van der Waals surface area contributed by atoms with E-state index in [1.54, 1.807) is 16.4 Å². The first-order valence-electron chi connectivity index (χ1n) is 11.3. The van der Waals surface area contributed by atoms with Gasteiger partial charge < -0.3 is 0 Å². The topological polar surface area (TPSA) is 66.8 Å². The van der Waals surface area contributed by atoms with E-state index in [2.05, 4.69) is 38.1 Å². The molecule has 0 saturated heterocycles. The maximum Gasteiger partial charge on any atom is 0.243 e. The zero-order valence-electron chi connectivity index (χ0n) is 19.1. The Kier molecular flexibility index (Phi) is 6.12. The van der Waals surface area contributed by atoms with Crippen molar-refractivity contribution in [1.82, 2.24) is 4.31 Å². The molecule has 0 N–H and O–H groups in total. The Balaban J connectivity index is 1.66. The van der Waals surface area contributed by atoms with E-state index in [0.29, 0.717) is 30.8 Å². The summed E-state index contributed by atoms with van der Waals surface area (Å²) < 4.78 is 28.7. The number of sulfonamides is 1. The smallest absolute Gasteiger partial charge is 0.207 e. The monoisotopic (exact) mass is 452 g/mol. The molecule has 32 heavy (non-hydrogen) atoms. The predicted molar refractivity (Wildman–Crippen MR) is 128 cm³/mol. The van der Waals surface area contributed by atoms with Crippen molar-refractivity contribution in [3.05, 3.63) is 82.3 Å². The summed E-state index contributed by atoms with van der Waals surface area (Å²) in [6.45, 7) is 7.12. The van der Waals surface area contributed by atoms with E-state index in [-0.39, 0.29) is 16.9 Å². The third-order valence-corrected chi connectivity index (χ3v) is 8.83. The fourth-order valence-electron chi connectivity index (χ4n) is 5.06. The van der Waals surface area contributed by atoms with Crippen molar-refractivity contribution in [3.63, 3.8) is 0 Å². The summed E-state index contributed by atoms with van der Waals surface area (Å²) in [4.78, 5) is 11.6. The summed E-state index contributed by atoms with van der Waals surface area (Å²) in [5.74, 6) is 0. The second kappa shape index (κ2) is 8.56. The van der Waals surface area contributed by atoms with Crippen molar-refractivity contribution < 1.29 is 8.42 Å². The predicted octanol–water partition coefficient (Wildman–Crippen LogP) is 5.46. The molecule has 2 aromatic rings. The van der Waals surface area contributed by atoms with Crippen LogP contribution >= 0.6 is 0 Å². The van der Waals surface area contributed by atoms with Crippen molar-refractivity contribution in [2.24, 2.45) is 10.6 Å². The molecule has 1 heterocycles. The molecule has 170 valence electrons. The van der Waals surface area contributed by atoms with Crippen LogP contribution in [0.1, 0.15) is 51.2 Å². The van der Waals surface area contributed by atoms with Crippen LogP contribution in [0.15, 0.2) is 76.3 Å². The number of nitroso groups, excluding NO2 is 1. The van der Waals surface area contributed by atoms with E-state index in [4.69, 9.17) is 0 Å². The fourth-order valence-corrected chi connectivity index (χ4v) is 6.53. The van der Waals surface area contributed by atoms with Crippen LogP contribution in [0.25, 0.3) is 0 Å².